The van der Waals surface area contributed by atoms with E-state index >= 15 is 0 Å². The van der Waals surface area contributed by atoms with Crippen molar-refractivity contribution in [3.8, 4) is 0 Å². The van der Waals surface area contributed by atoms with Gasteiger partial charge in [0, 0.05) is 6.04 Å². The lowest BCUT2D eigenvalue weighted by Crippen LogP contribution is -2.57. The smallest absolute Gasteiger partial charge is 0.237 e. The van der Waals surface area contributed by atoms with E-state index in [0.717, 1.165) is 24.8 Å². The van der Waals surface area contributed by atoms with Gasteiger partial charge in [0.05, 0.1) is 6.04 Å². The quantitative estimate of drug-likeness (QED) is 0.802. The predicted molar refractivity (Wildman–Crippen MR) is 72.2 cm³/mol. The summed E-state index contributed by atoms with van der Waals surface area (Å²) in [5.41, 5.74) is 0.0972. The highest BCUT2D eigenvalue weighted by Gasteiger charge is 2.44. The van der Waals surface area contributed by atoms with Crippen molar-refractivity contribution in [1.29, 1.82) is 0 Å². The number of piperidine rings is 1. The van der Waals surface area contributed by atoms with E-state index in [9.17, 15) is 4.79 Å². The summed E-state index contributed by atoms with van der Waals surface area (Å²) in [5.74, 6) is 1.82. The number of rotatable bonds is 4. The predicted octanol–water partition coefficient (Wildman–Crippen LogP) is 2.07. The number of hydrogen-bond donors (Lipinski definition) is 2. The molecule has 18 heavy (non-hydrogen) atoms. The second kappa shape index (κ2) is 4.52. The molecule has 3 aliphatic rings. The first kappa shape index (κ1) is 12.5. The maximum Gasteiger partial charge on any atom is 0.237 e. The van der Waals surface area contributed by atoms with Gasteiger partial charge in [0.15, 0.2) is 0 Å². The number of carbonyl (C=O) groups excluding carboxylic acids is 1. The zero-order chi connectivity index (χ0) is 12.8. The molecular formula is C15H26N2O. The Labute approximate surface area is 110 Å². The van der Waals surface area contributed by atoms with E-state index in [1.165, 1.54) is 32.1 Å². The van der Waals surface area contributed by atoms with Crippen molar-refractivity contribution in [2.45, 2.75) is 64.5 Å². The van der Waals surface area contributed by atoms with Gasteiger partial charge in [-0.2, -0.15) is 0 Å². The molecule has 0 aromatic heterocycles. The highest BCUT2D eigenvalue weighted by Crippen LogP contribution is 2.44. The summed E-state index contributed by atoms with van der Waals surface area (Å²) in [5, 5.41) is 6.79. The molecule has 0 radical (unpaired) electrons. The molecule has 0 aromatic carbocycles. The third-order valence-electron chi connectivity index (χ3n) is 4.96. The summed E-state index contributed by atoms with van der Waals surface area (Å²) in [7, 11) is 0. The zero-order valence-electron chi connectivity index (χ0n) is 11.7. The minimum atomic E-state index is 0.00579. The lowest BCUT2D eigenvalue weighted by atomic mass is 9.77. The van der Waals surface area contributed by atoms with Gasteiger partial charge in [-0.3, -0.25) is 4.79 Å². The number of hydrogen-bond acceptors (Lipinski definition) is 2. The molecule has 2 saturated carbocycles. The Morgan fingerprint density at radius 2 is 1.83 bits per heavy atom. The Kier molecular flexibility index (Phi) is 3.13. The summed E-state index contributed by atoms with van der Waals surface area (Å²) in [6.07, 6.45) is 7.62. The van der Waals surface area contributed by atoms with Crippen molar-refractivity contribution in [1.82, 2.24) is 10.6 Å². The minimum Gasteiger partial charge on any atom is -0.351 e. The molecule has 1 heterocycles. The van der Waals surface area contributed by atoms with E-state index in [1.54, 1.807) is 0 Å². The topological polar surface area (TPSA) is 41.1 Å². The third kappa shape index (κ3) is 2.56. The fraction of sp³-hybridized carbons (Fsp3) is 0.933. The van der Waals surface area contributed by atoms with Gasteiger partial charge in [0.1, 0.15) is 0 Å². The fourth-order valence-corrected chi connectivity index (χ4v) is 3.44. The second-order valence-electron chi connectivity index (χ2n) is 7.19. The molecule has 102 valence electrons. The first-order chi connectivity index (χ1) is 8.58. The van der Waals surface area contributed by atoms with Crippen LogP contribution in [0.1, 0.15) is 52.4 Å². The van der Waals surface area contributed by atoms with Crippen LogP contribution >= 0.6 is 0 Å². The summed E-state index contributed by atoms with van der Waals surface area (Å²) in [4.78, 5) is 12.5. The van der Waals surface area contributed by atoms with Crippen LogP contribution in [0, 0.1) is 17.3 Å². The first-order valence-corrected chi connectivity index (χ1v) is 7.62. The van der Waals surface area contributed by atoms with E-state index < -0.39 is 0 Å². The van der Waals surface area contributed by atoms with E-state index in [2.05, 4.69) is 24.5 Å². The van der Waals surface area contributed by atoms with Crippen molar-refractivity contribution < 1.29 is 4.79 Å². The second-order valence-corrected chi connectivity index (χ2v) is 7.19. The van der Waals surface area contributed by atoms with Crippen LogP contribution in [0.2, 0.25) is 0 Å². The Morgan fingerprint density at radius 3 is 2.33 bits per heavy atom. The fourth-order valence-electron chi connectivity index (χ4n) is 3.44. The third-order valence-corrected chi connectivity index (χ3v) is 4.96. The monoisotopic (exact) mass is 250 g/mol. The summed E-state index contributed by atoms with van der Waals surface area (Å²) in [6, 6.07) is 0.489. The zero-order valence-corrected chi connectivity index (χ0v) is 11.7. The Hall–Kier alpha value is -0.570. The molecule has 1 aliphatic heterocycles. The Bertz CT molecular complexity index is 319. The van der Waals surface area contributed by atoms with Gasteiger partial charge in [0.2, 0.25) is 5.91 Å². The molecule has 1 saturated heterocycles. The molecule has 0 spiro atoms. The van der Waals surface area contributed by atoms with Gasteiger partial charge in [0.25, 0.3) is 0 Å². The molecular weight excluding hydrogens is 224 g/mol. The van der Waals surface area contributed by atoms with Crippen LogP contribution in [0.15, 0.2) is 0 Å². The lowest BCUT2D eigenvalue weighted by Gasteiger charge is -2.39. The first-order valence-electron chi connectivity index (χ1n) is 7.62. The number of nitrogens with one attached hydrogen (secondary N) is 2. The van der Waals surface area contributed by atoms with Crippen LogP contribution in [-0.2, 0) is 4.79 Å². The summed E-state index contributed by atoms with van der Waals surface area (Å²) in [6.45, 7) is 5.42. The molecule has 3 rings (SSSR count). The van der Waals surface area contributed by atoms with E-state index in [0.29, 0.717) is 6.04 Å². The molecule has 1 atom stereocenters. The summed E-state index contributed by atoms with van der Waals surface area (Å²) >= 11 is 0. The largest absolute Gasteiger partial charge is 0.351 e. The van der Waals surface area contributed by atoms with E-state index in [-0.39, 0.29) is 17.4 Å². The summed E-state index contributed by atoms with van der Waals surface area (Å²) < 4.78 is 0. The van der Waals surface area contributed by atoms with Gasteiger partial charge in [-0.15, -0.1) is 0 Å². The van der Waals surface area contributed by atoms with Crippen LogP contribution in [0.3, 0.4) is 0 Å². The van der Waals surface area contributed by atoms with Crippen molar-refractivity contribution in [3.05, 3.63) is 0 Å². The molecule has 3 fully saturated rings. The maximum atomic E-state index is 12.5. The number of carbonyl (C=O) groups is 1. The number of amides is 1. The van der Waals surface area contributed by atoms with Crippen molar-refractivity contribution >= 4 is 5.91 Å². The molecule has 0 aromatic rings. The van der Waals surface area contributed by atoms with Crippen LogP contribution in [0.4, 0.5) is 0 Å². The highest BCUT2D eigenvalue weighted by atomic mass is 16.2. The Morgan fingerprint density at radius 1 is 1.22 bits per heavy atom. The van der Waals surface area contributed by atoms with Gasteiger partial charge >= 0.3 is 0 Å². The molecule has 3 nitrogen and oxygen atoms in total. The standard InChI is InChI=1S/C15H26N2O/c1-15(2)8-3-9-16-13(15)14(18)17-12(10-4-5-10)11-6-7-11/h10-13,16H,3-9H2,1-2H3,(H,17,18). The van der Waals surface area contributed by atoms with E-state index in [4.69, 9.17) is 0 Å². The SMILES string of the molecule is CC1(C)CCCNC1C(=O)NC(C1CC1)C1CC1. The van der Waals surface area contributed by atoms with Gasteiger partial charge < -0.3 is 10.6 Å². The Balaban J connectivity index is 1.62. The molecule has 3 heteroatoms. The normalized spacial score (nSPS) is 31.4. The molecule has 2 aliphatic carbocycles. The van der Waals surface area contributed by atoms with Crippen LogP contribution in [0.25, 0.3) is 0 Å². The van der Waals surface area contributed by atoms with Crippen LogP contribution in [-0.4, -0.2) is 24.5 Å². The molecule has 1 unspecified atom stereocenters. The average molecular weight is 250 g/mol. The average Bonchev–Trinajstić information content (AvgIpc) is 3.15. The van der Waals surface area contributed by atoms with Crippen molar-refractivity contribution in [2.24, 2.45) is 17.3 Å². The molecule has 0 bridgehead atoms. The highest BCUT2D eigenvalue weighted by molar-refractivity contribution is 5.83. The van der Waals surface area contributed by atoms with Gasteiger partial charge in [-0.25, -0.2) is 0 Å². The minimum absolute atomic E-state index is 0.00579. The maximum absolute atomic E-state index is 12.5. The molecule has 2 N–H and O–H groups in total. The lowest BCUT2D eigenvalue weighted by molar-refractivity contribution is -0.127. The van der Waals surface area contributed by atoms with Crippen LogP contribution < -0.4 is 10.6 Å². The van der Waals surface area contributed by atoms with Crippen LogP contribution in [0.5, 0.6) is 0 Å². The van der Waals surface area contributed by atoms with Gasteiger partial charge in [-0.1, -0.05) is 13.8 Å². The molecule has 1 amide bonds. The van der Waals surface area contributed by atoms with Gasteiger partial charge in [-0.05, 0) is 62.3 Å². The van der Waals surface area contributed by atoms with Crippen molar-refractivity contribution in [3.63, 3.8) is 0 Å². The van der Waals surface area contributed by atoms with Crippen molar-refractivity contribution in [2.75, 3.05) is 6.54 Å². The van der Waals surface area contributed by atoms with E-state index in [1.807, 2.05) is 0 Å².